The van der Waals surface area contributed by atoms with Gasteiger partial charge in [0.15, 0.2) is 0 Å². The molecule has 1 atom stereocenters. The average molecular weight is 307 g/mol. The number of carbonyl (C=O) groups is 1. The second-order valence-electron chi connectivity index (χ2n) is 5.23. The lowest BCUT2D eigenvalue weighted by atomic mass is 10.1. The lowest BCUT2D eigenvalue weighted by Crippen LogP contribution is -2.28. The Morgan fingerprint density at radius 2 is 2.24 bits per heavy atom. The van der Waals surface area contributed by atoms with E-state index >= 15 is 0 Å². The summed E-state index contributed by atoms with van der Waals surface area (Å²) in [5.74, 6) is -0.153. The van der Waals surface area contributed by atoms with Gasteiger partial charge < -0.3 is 15.8 Å². The topological polar surface area (TPSA) is 88.1 Å². The molecule has 1 unspecified atom stereocenters. The van der Waals surface area contributed by atoms with Crippen LogP contribution in [0.4, 0.5) is 5.00 Å². The zero-order chi connectivity index (χ0) is 15.2. The highest BCUT2D eigenvalue weighted by Gasteiger charge is 2.21. The van der Waals surface area contributed by atoms with Crippen LogP contribution >= 0.6 is 11.3 Å². The van der Waals surface area contributed by atoms with Gasteiger partial charge in [-0.15, -0.1) is 11.3 Å². The van der Waals surface area contributed by atoms with Crippen LogP contribution in [-0.4, -0.2) is 25.7 Å². The molecule has 1 heterocycles. The highest BCUT2D eigenvalue weighted by molar-refractivity contribution is 7.16. The molecule has 2 rings (SSSR count). The predicted molar refractivity (Wildman–Crippen MR) is 83.4 cm³/mol. The Morgan fingerprint density at radius 1 is 1.48 bits per heavy atom. The summed E-state index contributed by atoms with van der Waals surface area (Å²) in [6.07, 6.45) is 5.35. The van der Waals surface area contributed by atoms with E-state index in [9.17, 15) is 10.1 Å². The van der Waals surface area contributed by atoms with E-state index in [0.29, 0.717) is 17.1 Å². The van der Waals surface area contributed by atoms with Crippen molar-refractivity contribution >= 4 is 22.2 Å². The Morgan fingerprint density at radius 3 is 2.90 bits per heavy atom. The van der Waals surface area contributed by atoms with Gasteiger partial charge in [-0.3, -0.25) is 4.79 Å². The van der Waals surface area contributed by atoms with Crippen molar-refractivity contribution in [2.75, 3.05) is 19.0 Å². The second-order valence-corrected chi connectivity index (χ2v) is 6.33. The third-order valence-electron chi connectivity index (χ3n) is 3.80. The molecular weight excluding hydrogens is 286 g/mol. The van der Waals surface area contributed by atoms with Crippen LogP contribution in [0, 0.1) is 11.3 Å². The molecule has 114 valence electrons. The first-order valence-electron chi connectivity index (χ1n) is 7.27. The summed E-state index contributed by atoms with van der Waals surface area (Å²) in [4.78, 5) is 13.3. The van der Waals surface area contributed by atoms with Crippen LogP contribution < -0.4 is 11.1 Å². The molecule has 3 N–H and O–H groups in total. The third-order valence-corrected chi connectivity index (χ3v) is 5.00. The van der Waals surface area contributed by atoms with Gasteiger partial charge in [0, 0.05) is 18.5 Å². The fraction of sp³-hybridized carbons (Fsp3) is 0.600. The molecule has 5 nitrogen and oxygen atoms in total. The van der Waals surface area contributed by atoms with Crippen LogP contribution in [0.25, 0.3) is 0 Å². The number of ether oxygens (including phenoxy) is 1. The number of hydrogen-bond donors (Lipinski definition) is 2. The maximum Gasteiger partial charge on any atom is 0.227 e. The molecule has 1 aromatic rings. The highest BCUT2D eigenvalue weighted by atomic mass is 32.1. The summed E-state index contributed by atoms with van der Waals surface area (Å²) in [7, 11) is 1.54. The molecule has 0 spiro atoms. The van der Waals surface area contributed by atoms with Crippen LogP contribution in [0.15, 0.2) is 0 Å². The third kappa shape index (κ3) is 3.82. The number of nitrogens with one attached hydrogen (secondary N) is 1. The van der Waals surface area contributed by atoms with Gasteiger partial charge in [-0.2, -0.15) is 5.26 Å². The molecule has 0 aliphatic heterocycles. The number of hydrogen-bond acceptors (Lipinski definition) is 5. The normalized spacial score (nSPS) is 15.7. The molecule has 1 amide bonds. The van der Waals surface area contributed by atoms with E-state index in [-0.39, 0.29) is 18.4 Å². The first-order valence-corrected chi connectivity index (χ1v) is 8.08. The summed E-state index contributed by atoms with van der Waals surface area (Å²) in [6.45, 7) is 0.302. The monoisotopic (exact) mass is 307 g/mol. The Hall–Kier alpha value is -1.42. The van der Waals surface area contributed by atoms with Crippen LogP contribution in [-0.2, 0) is 22.4 Å². The van der Waals surface area contributed by atoms with Crippen molar-refractivity contribution in [3.63, 3.8) is 0 Å². The zero-order valence-corrected chi connectivity index (χ0v) is 13.1. The average Bonchev–Trinajstić information content (AvgIpc) is 2.65. The molecular formula is C15H21N3O2S. The van der Waals surface area contributed by atoms with E-state index in [1.165, 1.54) is 11.3 Å². The smallest absolute Gasteiger partial charge is 0.227 e. The molecule has 0 saturated heterocycles. The number of methoxy groups -OCH3 is 1. The Labute approximate surface area is 129 Å². The maximum atomic E-state index is 12.0. The minimum absolute atomic E-state index is 0.153. The van der Waals surface area contributed by atoms with Crippen molar-refractivity contribution in [1.82, 2.24) is 0 Å². The quantitative estimate of drug-likeness (QED) is 0.816. The fourth-order valence-electron chi connectivity index (χ4n) is 2.60. The Kier molecular flexibility index (Phi) is 5.74. The number of aryl methyl sites for hydroxylation is 1. The van der Waals surface area contributed by atoms with E-state index in [1.807, 2.05) is 0 Å². The summed E-state index contributed by atoms with van der Waals surface area (Å²) in [5, 5.41) is 12.9. The van der Waals surface area contributed by atoms with E-state index in [2.05, 4.69) is 11.4 Å². The summed E-state index contributed by atoms with van der Waals surface area (Å²) < 4.78 is 5.11. The minimum atomic E-state index is -0.284. The number of nitrogens with zero attached hydrogens (tertiary/aromatic N) is 1. The van der Waals surface area contributed by atoms with Crippen LogP contribution in [0.2, 0.25) is 0 Å². The van der Waals surface area contributed by atoms with Crippen LogP contribution in [0.1, 0.15) is 41.7 Å². The van der Waals surface area contributed by atoms with Gasteiger partial charge in [0.1, 0.15) is 11.1 Å². The fourth-order valence-corrected chi connectivity index (χ4v) is 3.85. The van der Waals surface area contributed by atoms with Gasteiger partial charge >= 0.3 is 0 Å². The molecule has 0 bridgehead atoms. The molecule has 0 radical (unpaired) electrons. The van der Waals surface area contributed by atoms with Crippen molar-refractivity contribution in [2.24, 2.45) is 5.73 Å². The van der Waals surface area contributed by atoms with E-state index < -0.39 is 0 Å². The van der Waals surface area contributed by atoms with Crippen LogP contribution in [0.3, 0.4) is 0 Å². The maximum absolute atomic E-state index is 12.0. The largest absolute Gasteiger partial charge is 0.380 e. The number of nitriles is 1. The summed E-state index contributed by atoms with van der Waals surface area (Å²) in [6, 6.07) is 2.26. The number of amides is 1. The zero-order valence-electron chi connectivity index (χ0n) is 12.3. The number of thiophene rings is 1. The van der Waals surface area contributed by atoms with Crippen molar-refractivity contribution in [3.05, 3.63) is 16.0 Å². The standard InChI is InChI=1S/C15H21N3O2S/c1-20-10(8-16)7-14(19)18-15-12(9-17)11-5-3-2-4-6-13(11)21-15/h10H,2-8,16H2,1H3,(H,18,19). The second kappa shape index (κ2) is 7.55. The number of rotatable bonds is 5. The number of carbonyl (C=O) groups excluding carboxylic acids is 1. The number of fused-ring (bicyclic) bond motifs is 1. The van der Waals surface area contributed by atoms with E-state index in [1.54, 1.807) is 18.4 Å². The lowest BCUT2D eigenvalue weighted by molar-refractivity contribution is -0.118. The van der Waals surface area contributed by atoms with E-state index in [0.717, 1.165) is 31.2 Å². The van der Waals surface area contributed by atoms with Crippen LogP contribution in [0.5, 0.6) is 0 Å². The first-order chi connectivity index (χ1) is 10.2. The molecule has 0 saturated carbocycles. The van der Waals surface area contributed by atoms with Gasteiger partial charge in [-0.25, -0.2) is 0 Å². The molecule has 1 aliphatic rings. The molecule has 0 fully saturated rings. The highest BCUT2D eigenvalue weighted by Crippen LogP contribution is 2.37. The van der Waals surface area contributed by atoms with Crippen molar-refractivity contribution < 1.29 is 9.53 Å². The van der Waals surface area contributed by atoms with Gasteiger partial charge in [-0.1, -0.05) is 6.42 Å². The molecule has 1 aromatic heterocycles. The van der Waals surface area contributed by atoms with Crippen molar-refractivity contribution in [3.8, 4) is 6.07 Å². The molecule has 1 aliphatic carbocycles. The Bertz CT molecular complexity index is 544. The van der Waals surface area contributed by atoms with Crippen molar-refractivity contribution in [1.29, 1.82) is 5.26 Å². The molecule has 21 heavy (non-hydrogen) atoms. The summed E-state index contributed by atoms with van der Waals surface area (Å²) >= 11 is 1.54. The van der Waals surface area contributed by atoms with Gasteiger partial charge in [0.05, 0.1) is 18.1 Å². The molecule has 6 heteroatoms. The summed E-state index contributed by atoms with van der Waals surface area (Å²) in [5.41, 5.74) is 7.31. The van der Waals surface area contributed by atoms with Gasteiger partial charge in [0.25, 0.3) is 0 Å². The SMILES string of the molecule is COC(CN)CC(=O)Nc1sc2c(c1C#N)CCCCC2. The lowest BCUT2D eigenvalue weighted by Gasteiger charge is -2.12. The predicted octanol–water partition coefficient (Wildman–Crippen LogP) is 2.19. The minimum Gasteiger partial charge on any atom is -0.380 e. The van der Waals surface area contributed by atoms with Crippen molar-refractivity contribution in [2.45, 2.75) is 44.6 Å². The number of nitrogens with two attached hydrogens (primary N) is 1. The van der Waals surface area contributed by atoms with E-state index in [4.69, 9.17) is 10.5 Å². The number of anilines is 1. The first kappa shape index (κ1) is 16.0. The van der Waals surface area contributed by atoms with Gasteiger partial charge in [-0.05, 0) is 31.2 Å². The Balaban J connectivity index is 2.13. The molecule has 0 aromatic carbocycles. The van der Waals surface area contributed by atoms with Gasteiger partial charge in [0.2, 0.25) is 5.91 Å².